The first kappa shape index (κ1) is 21.4. The van der Waals surface area contributed by atoms with E-state index in [1.807, 2.05) is 41.8 Å². The fraction of sp³-hybridized carbons (Fsp3) is 0.238. The van der Waals surface area contributed by atoms with Gasteiger partial charge in [0.2, 0.25) is 11.8 Å². The molecule has 8 nitrogen and oxygen atoms in total. The first-order valence-corrected chi connectivity index (χ1v) is 10.4. The Labute approximate surface area is 179 Å². The topological polar surface area (TPSA) is 98.1 Å². The highest BCUT2D eigenvalue weighted by molar-refractivity contribution is 7.99. The van der Waals surface area contributed by atoms with Crippen molar-refractivity contribution in [2.45, 2.75) is 32.2 Å². The van der Waals surface area contributed by atoms with Crippen molar-refractivity contribution < 1.29 is 14.3 Å². The van der Waals surface area contributed by atoms with Gasteiger partial charge < -0.3 is 19.9 Å². The van der Waals surface area contributed by atoms with Crippen LogP contribution in [0.4, 0.5) is 11.4 Å². The number of para-hydroxylation sites is 1. The van der Waals surface area contributed by atoms with Gasteiger partial charge in [-0.1, -0.05) is 30.0 Å². The molecule has 3 aromatic rings. The van der Waals surface area contributed by atoms with E-state index in [1.54, 1.807) is 24.3 Å². The SMILES string of the molecule is CCn1c(COc2ccccc2)nnc1SCC(=O)Nc1ccc(NC(C)=O)cc1. The Bertz CT molecular complexity index is 990. The van der Waals surface area contributed by atoms with Crippen LogP contribution in [0.15, 0.2) is 59.8 Å². The largest absolute Gasteiger partial charge is 0.486 e. The lowest BCUT2D eigenvalue weighted by Gasteiger charge is -2.09. The van der Waals surface area contributed by atoms with Crippen molar-refractivity contribution in [2.75, 3.05) is 16.4 Å². The number of carbonyl (C=O) groups is 2. The summed E-state index contributed by atoms with van der Waals surface area (Å²) in [4.78, 5) is 23.3. The number of amides is 2. The third-order valence-electron chi connectivity index (χ3n) is 4.04. The molecule has 1 aromatic heterocycles. The maximum atomic E-state index is 12.3. The highest BCUT2D eigenvalue weighted by Crippen LogP contribution is 2.20. The predicted molar refractivity (Wildman–Crippen MR) is 117 cm³/mol. The summed E-state index contributed by atoms with van der Waals surface area (Å²) in [5, 5.41) is 14.6. The molecule has 1 heterocycles. The van der Waals surface area contributed by atoms with E-state index < -0.39 is 0 Å². The van der Waals surface area contributed by atoms with Crippen LogP contribution in [0.3, 0.4) is 0 Å². The Balaban J connectivity index is 1.53. The quantitative estimate of drug-likeness (QED) is 0.509. The molecule has 0 spiro atoms. The minimum Gasteiger partial charge on any atom is -0.486 e. The molecule has 3 rings (SSSR count). The molecule has 0 bridgehead atoms. The summed E-state index contributed by atoms with van der Waals surface area (Å²) < 4.78 is 7.68. The van der Waals surface area contributed by atoms with Gasteiger partial charge in [-0.15, -0.1) is 10.2 Å². The minimum atomic E-state index is -0.153. The molecule has 2 N–H and O–H groups in total. The van der Waals surface area contributed by atoms with E-state index in [2.05, 4.69) is 20.8 Å². The van der Waals surface area contributed by atoms with Crippen LogP contribution in [-0.4, -0.2) is 32.3 Å². The number of nitrogens with one attached hydrogen (secondary N) is 2. The Kier molecular flexibility index (Phi) is 7.45. The van der Waals surface area contributed by atoms with Crippen LogP contribution < -0.4 is 15.4 Å². The molecule has 0 aliphatic carbocycles. The van der Waals surface area contributed by atoms with E-state index in [1.165, 1.54) is 18.7 Å². The van der Waals surface area contributed by atoms with Crippen molar-refractivity contribution in [2.24, 2.45) is 0 Å². The van der Waals surface area contributed by atoms with Crippen molar-refractivity contribution in [1.29, 1.82) is 0 Å². The average molecular weight is 426 g/mol. The number of aromatic nitrogens is 3. The number of carbonyl (C=O) groups excluding carboxylic acids is 2. The van der Waals surface area contributed by atoms with E-state index in [4.69, 9.17) is 4.74 Å². The summed E-state index contributed by atoms with van der Waals surface area (Å²) in [5.74, 6) is 1.38. The maximum absolute atomic E-state index is 12.3. The number of anilines is 2. The van der Waals surface area contributed by atoms with Crippen LogP contribution in [0.2, 0.25) is 0 Å². The third-order valence-corrected chi connectivity index (χ3v) is 5.01. The van der Waals surface area contributed by atoms with Gasteiger partial charge in [0, 0.05) is 24.8 Å². The Hall–Kier alpha value is -3.33. The lowest BCUT2D eigenvalue weighted by molar-refractivity contribution is -0.114. The van der Waals surface area contributed by atoms with Crippen molar-refractivity contribution in [3.05, 3.63) is 60.4 Å². The van der Waals surface area contributed by atoms with Gasteiger partial charge in [-0.3, -0.25) is 9.59 Å². The molecular weight excluding hydrogens is 402 g/mol. The van der Waals surface area contributed by atoms with Gasteiger partial charge in [-0.05, 0) is 43.3 Å². The summed E-state index contributed by atoms with van der Waals surface area (Å²) in [5.41, 5.74) is 1.33. The number of thioether (sulfide) groups is 1. The summed E-state index contributed by atoms with van der Waals surface area (Å²) in [6.45, 7) is 4.42. The predicted octanol–water partition coefficient (Wildman–Crippen LogP) is 3.57. The van der Waals surface area contributed by atoms with Crippen LogP contribution in [0.1, 0.15) is 19.7 Å². The molecule has 0 aliphatic heterocycles. The van der Waals surface area contributed by atoms with E-state index in [-0.39, 0.29) is 17.6 Å². The highest BCUT2D eigenvalue weighted by atomic mass is 32.2. The maximum Gasteiger partial charge on any atom is 0.234 e. The van der Waals surface area contributed by atoms with E-state index >= 15 is 0 Å². The van der Waals surface area contributed by atoms with Gasteiger partial charge in [0.15, 0.2) is 11.0 Å². The van der Waals surface area contributed by atoms with Gasteiger partial charge in [0.1, 0.15) is 12.4 Å². The summed E-state index contributed by atoms with van der Waals surface area (Å²) in [6, 6.07) is 16.5. The molecule has 0 saturated heterocycles. The van der Waals surface area contributed by atoms with E-state index in [0.29, 0.717) is 35.5 Å². The fourth-order valence-electron chi connectivity index (χ4n) is 2.68. The van der Waals surface area contributed by atoms with Crippen LogP contribution in [-0.2, 0) is 22.7 Å². The average Bonchev–Trinajstić information content (AvgIpc) is 3.14. The Morgan fingerprint density at radius 3 is 2.30 bits per heavy atom. The van der Waals surface area contributed by atoms with Crippen molar-refractivity contribution in [1.82, 2.24) is 14.8 Å². The third kappa shape index (κ3) is 6.08. The fourth-order valence-corrected chi connectivity index (χ4v) is 3.50. The van der Waals surface area contributed by atoms with Crippen molar-refractivity contribution >= 4 is 35.0 Å². The van der Waals surface area contributed by atoms with Gasteiger partial charge in [0.05, 0.1) is 5.75 Å². The minimum absolute atomic E-state index is 0.142. The molecule has 0 radical (unpaired) electrons. The second-order valence-electron chi connectivity index (χ2n) is 6.34. The number of benzene rings is 2. The highest BCUT2D eigenvalue weighted by Gasteiger charge is 2.14. The van der Waals surface area contributed by atoms with Crippen LogP contribution >= 0.6 is 11.8 Å². The van der Waals surface area contributed by atoms with Gasteiger partial charge in [-0.25, -0.2) is 0 Å². The molecule has 2 aromatic carbocycles. The van der Waals surface area contributed by atoms with Crippen molar-refractivity contribution in [3.8, 4) is 5.75 Å². The van der Waals surface area contributed by atoms with Crippen molar-refractivity contribution in [3.63, 3.8) is 0 Å². The molecule has 0 atom stereocenters. The van der Waals surface area contributed by atoms with Crippen LogP contribution in [0.25, 0.3) is 0 Å². The van der Waals surface area contributed by atoms with Gasteiger partial charge in [0.25, 0.3) is 0 Å². The smallest absolute Gasteiger partial charge is 0.234 e. The number of ether oxygens (including phenoxy) is 1. The van der Waals surface area contributed by atoms with Gasteiger partial charge in [-0.2, -0.15) is 0 Å². The zero-order valence-electron chi connectivity index (χ0n) is 16.8. The van der Waals surface area contributed by atoms with E-state index in [0.717, 1.165) is 5.75 Å². The zero-order chi connectivity index (χ0) is 21.3. The summed E-state index contributed by atoms with van der Waals surface area (Å²) >= 11 is 1.32. The number of hydrogen-bond donors (Lipinski definition) is 2. The molecule has 2 amide bonds. The Morgan fingerprint density at radius 2 is 1.67 bits per heavy atom. The second kappa shape index (κ2) is 10.4. The zero-order valence-corrected chi connectivity index (χ0v) is 17.6. The molecule has 0 unspecified atom stereocenters. The number of hydrogen-bond acceptors (Lipinski definition) is 6. The molecule has 30 heavy (non-hydrogen) atoms. The van der Waals surface area contributed by atoms with Gasteiger partial charge >= 0.3 is 0 Å². The van der Waals surface area contributed by atoms with Crippen LogP contribution in [0.5, 0.6) is 5.75 Å². The summed E-state index contributed by atoms with van der Waals surface area (Å²) in [7, 11) is 0. The lowest BCUT2D eigenvalue weighted by Crippen LogP contribution is -2.15. The normalized spacial score (nSPS) is 10.5. The molecule has 0 fully saturated rings. The van der Waals surface area contributed by atoms with Crippen LogP contribution in [0, 0.1) is 0 Å². The molecule has 0 aliphatic rings. The summed E-state index contributed by atoms with van der Waals surface area (Å²) in [6.07, 6.45) is 0. The Morgan fingerprint density at radius 1 is 1.00 bits per heavy atom. The first-order valence-electron chi connectivity index (χ1n) is 9.45. The van der Waals surface area contributed by atoms with E-state index in [9.17, 15) is 9.59 Å². The molecular formula is C21H23N5O3S. The second-order valence-corrected chi connectivity index (χ2v) is 7.28. The molecule has 0 saturated carbocycles. The number of rotatable bonds is 9. The molecule has 156 valence electrons. The first-order chi connectivity index (χ1) is 14.5. The molecule has 9 heteroatoms. The lowest BCUT2D eigenvalue weighted by atomic mass is 10.3. The monoisotopic (exact) mass is 425 g/mol. The standard InChI is InChI=1S/C21H23N5O3S/c1-3-26-19(13-29-18-7-5-4-6-8-18)24-25-21(26)30-14-20(28)23-17-11-9-16(10-12-17)22-15(2)27/h4-12H,3,13-14H2,1-2H3,(H,22,27)(H,23,28). The number of nitrogens with zero attached hydrogens (tertiary/aromatic N) is 3.